The Morgan fingerprint density at radius 3 is 2.67 bits per heavy atom. The van der Waals surface area contributed by atoms with Crippen LogP contribution in [0.5, 0.6) is 0 Å². The summed E-state index contributed by atoms with van der Waals surface area (Å²) in [6, 6.07) is 0.321. The number of hydrogen-bond acceptors (Lipinski definition) is 4. The molecule has 3 unspecified atom stereocenters. The van der Waals surface area contributed by atoms with E-state index >= 15 is 0 Å². The maximum Gasteiger partial charge on any atom is 0.229 e. The predicted octanol–water partition coefficient (Wildman–Crippen LogP) is 3.78. The summed E-state index contributed by atoms with van der Waals surface area (Å²) >= 11 is 1.69. The van der Waals surface area contributed by atoms with E-state index in [-0.39, 0.29) is 24.2 Å². The second-order valence-electron chi connectivity index (χ2n) is 7.92. The number of rotatable bonds is 2. The summed E-state index contributed by atoms with van der Waals surface area (Å²) in [5.74, 6) is 2.14. The van der Waals surface area contributed by atoms with Crippen LogP contribution in [0.2, 0.25) is 0 Å². The van der Waals surface area contributed by atoms with Crippen LogP contribution in [0.15, 0.2) is 0 Å². The first-order valence-corrected chi connectivity index (χ1v) is 9.97. The van der Waals surface area contributed by atoms with Gasteiger partial charge in [-0.15, -0.1) is 23.7 Å². The third-order valence-electron chi connectivity index (χ3n) is 6.20. The Bertz CT molecular complexity index is 591. The quantitative estimate of drug-likeness (QED) is 0.833. The lowest BCUT2D eigenvalue weighted by Gasteiger charge is -2.43. The van der Waals surface area contributed by atoms with Crippen LogP contribution in [0.3, 0.4) is 0 Å². The lowest BCUT2D eigenvalue weighted by molar-refractivity contribution is -0.122. The Morgan fingerprint density at radius 2 is 1.96 bits per heavy atom. The number of amides is 1. The molecule has 1 aromatic heterocycles. The van der Waals surface area contributed by atoms with E-state index in [2.05, 4.69) is 17.2 Å². The van der Waals surface area contributed by atoms with Crippen molar-refractivity contribution in [1.82, 2.24) is 4.98 Å². The van der Waals surface area contributed by atoms with Gasteiger partial charge in [0.05, 0.1) is 5.69 Å². The number of hydrogen-bond donors (Lipinski definition) is 2. The minimum Gasteiger partial charge on any atom is -0.327 e. The number of nitrogens with zero attached hydrogens (tertiary/aromatic N) is 1. The molecule has 4 rings (SSSR count). The van der Waals surface area contributed by atoms with Crippen LogP contribution in [-0.4, -0.2) is 16.9 Å². The molecule has 0 spiro atoms. The average molecular weight is 370 g/mol. The molecule has 3 aliphatic carbocycles. The highest BCUT2D eigenvalue weighted by Crippen LogP contribution is 2.42. The van der Waals surface area contributed by atoms with Crippen LogP contribution >= 0.6 is 23.7 Å². The van der Waals surface area contributed by atoms with Gasteiger partial charge in [-0.05, 0) is 62.7 Å². The highest BCUT2D eigenvalue weighted by atomic mass is 35.5. The van der Waals surface area contributed by atoms with E-state index in [1.165, 1.54) is 36.3 Å². The lowest BCUT2D eigenvalue weighted by atomic mass is 9.65. The highest BCUT2D eigenvalue weighted by molar-refractivity contribution is 7.15. The summed E-state index contributed by atoms with van der Waals surface area (Å²) in [4.78, 5) is 18.7. The SMILES string of the molecule is CC1CCc2nc(NC(=O)C3CC4CCCC(C3)C4N)sc2C1.Cl. The molecule has 2 fully saturated rings. The van der Waals surface area contributed by atoms with Gasteiger partial charge in [0.15, 0.2) is 5.13 Å². The monoisotopic (exact) mass is 369 g/mol. The van der Waals surface area contributed by atoms with Gasteiger partial charge in [-0.1, -0.05) is 13.3 Å². The van der Waals surface area contributed by atoms with Crippen LogP contribution < -0.4 is 11.1 Å². The Morgan fingerprint density at radius 1 is 1.25 bits per heavy atom. The normalized spacial score (nSPS) is 34.8. The molecule has 2 bridgehead atoms. The molecule has 134 valence electrons. The highest BCUT2D eigenvalue weighted by Gasteiger charge is 2.40. The van der Waals surface area contributed by atoms with Crippen LogP contribution in [0.25, 0.3) is 0 Å². The van der Waals surface area contributed by atoms with Gasteiger partial charge in [-0.2, -0.15) is 0 Å². The van der Waals surface area contributed by atoms with Gasteiger partial charge in [-0.3, -0.25) is 4.79 Å². The molecule has 2 saturated carbocycles. The summed E-state index contributed by atoms with van der Waals surface area (Å²) in [5.41, 5.74) is 7.55. The van der Waals surface area contributed by atoms with Gasteiger partial charge in [-0.25, -0.2) is 4.98 Å². The van der Waals surface area contributed by atoms with Crippen molar-refractivity contribution in [3.05, 3.63) is 10.6 Å². The number of carbonyl (C=O) groups excluding carboxylic acids is 1. The maximum absolute atomic E-state index is 12.7. The summed E-state index contributed by atoms with van der Waals surface area (Å²) in [6.45, 7) is 2.30. The first-order chi connectivity index (χ1) is 11.1. The van der Waals surface area contributed by atoms with Crippen LogP contribution in [0.4, 0.5) is 5.13 Å². The van der Waals surface area contributed by atoms with Crippen molar-refractivity contribution in [2.75, 3.05) is 5.32 Å². The number of fused-ring (bicyclic) bond motifs is 3. The minimum absolute atomic E-state index is 0. The lowest BCUT2D eigenvalue weighted by Crippen LogP contribution is -2.48. The van der Waals surface area contributed by atoms with Crippen molar-refractivity contribution in [2.24, 2.45) is 29.4 Å². The first-order valence-electron chi connectivity index (χ1n) is 9.15. The fourth-order valence-corrected chi connectivity index (χ4v) is 5.98. The molecule has 3 N–H and O–H groups in total. The summed E-state index contributed by atoms with van der Waals surface area (Å²) < 4.78 is 0. The van der Waals surface area contributed by atoms with Gasteiger partial charge in [0, 0.05) is 16.8 Å². The van der Waals surface area contributed by atoms with E-state index in [9.17, 15) is 4.79 Å². The summed E-state index contributed by atoms with van der Waals surface area (Å²) in [6.07, 6.45) is 9.01. The predicted molar refractivity (Wildman–Crippen MR) is 101 cm³/mol. The fourth-order valence-electron chi connectivity index (χ4n) is 4.80. The number of aryl methyl sites for hydroxylation is 1. The van der Waals surface area contributed by atoms with Crippen LogP contribution in [0, 0.1) is 23.7 Å². The second-order valence-corrected chi connectivity index (χ2v) is 9.01. The Labute approximate surface area is 154 Å². The van der Waals surface area contributed by atoms with Crippen molar-refractivity contribution >= 4 is 34.8 Å². The molecule has 1 amide bonds. The van der Waals surface area contributed by atoms with E-state index in [0.29, 0.717) is 17.9 Å². The van der Waals surface area contributed by atoms with Crippen molar-refractivity contribution < 1.29 is 4.79 Å². The van der Waals surface area contributed by atoms with Crippen molar-refractivity contribution in [3.8, 4) is 0 Å². The van der Waals surface area contributed by atoms with Crippen LogP contribution in [0.1, 0.15) is 56.0 Å². The Hall–Kier alpha value is -0.650. The molecule has 3 aliphatic rings. The molecule has 3 atom stereocenters. The summed E-state index contributed by atoms with van der Waals surface area (Å²) in [7, 11) is 0. The zero-order valence-corrected chi connectivity index (χ0v) is 15.9. The van der Waals surface area contributed by atoms with E-state index in [4.69, 9.17) is 5.73 Å². The van der Waals surface area contributed by atoms with E-state index in [0.717, 1.165) is 36.7 Å². The number of aromatic nitrogens is 1. The number of thiazole rings is 1. The molecule has 0 aromatic carbocycles. The molecule has 6 heteroatoms. The largest absolute Gasteiger partial charge is 0.327 e. The van der Waals surface area contributed by atoms with Gasteiger partial charge in [0.25, 0.3) is 0 Å². The molecular formula is C18H28ClN3OS. The molecule has 0 radical (unpaired) electrons. The average Bonchev–Trinajstić information content (AvgIpc) is 2.88. The van der Waals surface area contributed by atoms with E-state index in [1.54, 1.807) is 11.3 Å². The Balaban J connectivity index is 0.00000169. The van der Waals surface area contributed by atoms with Gasteiger partial charge in [0.1, 0.15) is 0 Å². The number of halogens is 1. The Kier molecular flexibility index (Phi) is 5.52. The molecule has 1 aromatic rings. The van der Waals surface area contributed by atoms with Crippen molar-refractivity contribution in [1.29, 1.82) is 0 Å². The molecule has 4 nitrogen and oxygen atoms in total. The van der Waals surface area contributed by atoms with E-state index < -0.39 is 0 Å². The first kappa shape index (κ1) is 18.2. The number of nitrogens with one attached hydrogen (secondary N) is 1. The van der Waals surface area contributed by atoms with Crippen molar-refractivity contribution in [3.63, 3.8) is 0 Å². The minimum atomic E-state index is 0. The number of carbonyl (C=O) groups is 1. The number of anilines is 1. The topological polar surface area (TPSA) is 68.0 Å². The van der Waals surface area contributed by atoms with Gasteiger partial charge in [0.2, 0.25) is 5.91 Å². The second kappa shape index (κ2) is 7.30. The molecule has 0 aliphatic heterocycles. The number of nitrogens with two attached hydrogens (primary N) is 1. The molecular weight excluding hydrogens is 342 g/mol. The molecule has 0 saturated heterocycles. The maximum atomic E-state index is 12.7. The third kappa shape index (κ3) is 3.49. The third-order valence-corrected chi connectivity index (χ3v) is 7.24. The standard InChI is InChI=1S/C18H27N3OS.ClH/c1-10-5-6-14-15(7-10)23-18(20-14)21-17(22)13-8-11-3-2-4-12(9-13)16(11)19;/h10-13,16H,2-9,19H2,1H3,(H,20,21,22);1H. The molecule has 1 heterocycles. The van der Waals surface area contributed by atoms with Gasteiger partial charge < -0.3 is 11.1 Å². The smallest absolute Gasteiger partial charge is 0.229 e. The van der Waals surface area contributed by atoms with Crippen LogP contribution in [-0.2, 0) is 17.6 Å². The van der Waals surface area contributed by atoms with E-state index in [1.807, 2.05) is 0 Å². The zero-order chi connectivity index (χ0) is 16.0. The van der Waals surface area contributed by atoms with Gasteiger partial charge >= 0.3 is 0 Å². The fraction of sp³-hybridized carbons (Fsp3) is 0.778. The molecule has 24 heavy (non-hydrogen) atoms. The van der Waals surface area contributed by atoms with Crippen molar-refractivity contribution in [2.45, 2.75) is 64.3 Å². The summed E-state index contributed by atoms with van der Waals surface area (Å²) in [5, 5.41) is 3.93. The zero-order valence-electron chi connectivity index (χ0n) is 14.3.